The minimum absolute atomic E-state index is 0.0380. The van der Waals surface area contributed by atoms with Crippen molar-refractivity contribution >= 4 is 33.2 Å². The Balaban J connectivity index is 1.82. The van der Waals surface area contributed by atoms with Crippen molar-refractivity contribution in [2.75, 3.05) is 0 Å². The molecule has 1 N–H and O–H groups in total. The van der Waals surface area contributed by atoms with Gasteiger partial charge < -0.3 is 5.32 Å². The normalized spacial score (nSPS) is 10.3. The topological polar surface area (TPSA) is 46.9 Å². The van der Waals surface area contributed by atoms with Gasteiger partial charge in [-0.1, -0.05) is 0 Å². The largest absolute Gasteiger partial charge is 0.350 e. The van der Waals surface area contributed by atoms with E-state index in [1.807, 2.05) is 11.4 Å². The van der Waals surface area contributed by atoms with Crippen molar-refractivity contribution in [3.63, 3.8) is 0 Å². The van der Waals surface area contributed by atoms with Crippen molar-refractivity contribution in [1.82, 2.24) is 15.1 Å². The molecule has 2 heterocycles. The lowest BCUT2D eigenvalue weighted by Crippen LogP contribution is -2.27. The van der Waals surface area contributed by atoms with Gasteiger partial charge in [-0.2, -0.15) is 5.10 Å². The van der Waals surface area contributed by atoms with Gasteiger partial charge in [0.2, 0.25) is 5.91 Å². The number of carbonyl (C=O) groups excluding carboxylic acids is 1. The molecular formula is C10H10BrN3OS. The number of thiophene rings is 1. The molecule has 0 unspecified atom stereocenters. The number of hydrogen-bond acceptors (Lipinski definition) is 3. The van der Waals surface area contributed by atoms with Gasteiger partial charge in [-0.3, -0.25) is 9.48 Å². The van der Waals surface area contributed by atoms with E-state index in [0.29, 0.717) is 6.54 Å². The minimum atomic E-state index is -0.0380. The van der Waals surface area contributed by atoms with Crippen LogP contribution in [0.2, 0.25) is 0 Å². The lowest BCUT2D eigenvalue weighted by atomic mass is 10.4. The second-order valence-electron chi connectivity index (χ2n) is 3.17. The van der Waals surface area contributed by atoms with Crippen LogP contribution in [0.25, 0.3) is 0 Å². The first-order valence-electron chi connectivity index (χ1n) is 4.71. The van der Waals surface area contributed by atoms with Gasteiger partial charge >= 0.3 is 0 Å². The van der Waals surface area contributed by atoms with Gasteiger partial charge in [0.15, 0.2) is 0 Å². The molecule has 2 aromatic rings. The molecule has 0 aromatic carbocycles. The third-order valence-electron chi connectivity index (χ3n) is 2.00. The fourth-order valence-electron chi connectivity index (χ4n) is 1.23. The fourth-order valence-corrected chi connectivity index (χ4v) is 2.66. The zero-order valence-corrected chi connectivity index (χ0v) is 10.8. The molecule has 4 nitrogen and oxygen atoms in total. The Bertz CT molecular complexity index is 466. The van der Waals surface area contributed by atoms with Crippen LogP contribution in [0.1, 0.15) is 4.88 Å². The second-order valence-corrected chi connectivity index (χ2v) is 5.03. The predicted octanol–water partition coefficient (Wildman–Crippen LogP) is 2.02. The minimum Gasteiger partial charge on any atom is -0.350 e. The Morgan fingerprint density at radius 2 is 2.50 bits per heavy atom. The van der Waals surface area contributed by atoms with Crippen molar-refractivity contribution in [2.45, 2.75) is 13.1 Å². The van der Waals surface area contributed by atoms with Gasteiger partial charge in [-0.25, -0.2) is 0 Å². The molecule has 84 valence electrons. The highest BCUT2D eigenvalue weighted by molar-refractivity contribution is 9.10. The van der Waals surface area contributed by atoms with Crippen LogP contribution in [0.15, 0.2) is 34.4 Å². The number of nitrogens with one attached hydrogen (secondary N) is 1. The number of rotatable bonds is 4. The van der Waals surface area contributed by atoms with Crippen LogP contribution in [0.3, 0.4) is 0 Å². The van der Waals surface area contributed by atoms with Crippen molar-refractivity contribution in [2.24, 2.45) is 0 Å². The standard InChI is InChI=1S/C10H10BrN3OS/c11-8-2-5-16-9(8)6-12-10(15)7-14-4-1-3-13-14/h1-5H,6-7H2,(H,12,15). The average Bonchev–Trinajstić information content (AvgIpc) is 2.87. The highest BCUT2D eigenvalue weighted by atomic mass is 79.9. The lowest BCUT2D eigenvalue weighted by Gasteiger charge is -2.04. The van der Waals surface area contributed by atoms with Crippen molar-refractivity contribution in [3.05, 3.63) is 39.3 Å². The van der Waals surface area contributed by atoms with Crippen molar-refractivity contribution < 1.29 is 4.79 Å². The quantitative estimate of drug-likeness (QED) is 0.939. The van der Waals surface area contributed by atoms with Crippen LogP contribution in [0, 0.1) is 0 Å². The van der Waals surface area contributed by atoms with Crippen LogP contribution >= 0.6 is 27.3 Å². The van der Waals surface area contributed by atoms with Gasteiger partial charge in [0, 0.05) is 21.7 Å². The molecule has 0 aliphatic carbocycles. The molecule has 0 spiro atoms. The van der Waals surface area contributed by atoms with E-state index in [2.05, 4.69) is 26.3 Å². The number of hydrogen-bond donors (Lipinski definition) is 1. The molecular weight excluding hydrogens is 290 g/mol. The molecule has 0 atom stereocenters. The lowest BCUT2D eigenvalue weighted by molar-refractivity contribution is -0.122. The number of aromatic nitrogens is 2. The molecule has 16 heavy (non-hydrogen) atoms. The molecule has 0 saturated heterocycles. The highest BCUT2D eigenvalue weighted by Gasteiger charge is 2.05. The van der Waals surface area contributed by atoms with E-state index >= 15 is 0 Å². The number of halogens is 1. The van der Waals surface area contributed by atoms with Crippen molar-refractivity contribution in [1.29, 1.82) is 0 Å². The molecule has 0 aliphatic heterocycles. The summed E-state index contributed by atoms with van der Waals surface area (Å²) in [5.74, 6) is -0.0380. The first kappa shape index (κ1) is 11.3. The number of amides is 1. The van der Waals surface area contributed by atoms with Gasteiger partial charge in [-0.15, -0.1) is 11.3 Å². The summed E-state index contributed by atoms with van der Waals surface area (Å²) in [7, 11) is 0. The molecule has 0 aliphatic rings. The smallest absolute Gasteiger partial charge is 0.242 e. The second kappa shape index (κ2) is 5.27. The Labute approximate surface area is 105 Å². The van der Waals surface area contributed by atoms with E-state index in [-0.39, 0.29) is 12.5 Å². The van der Waals surface area contributed by atoms with E-state index in [1.54, 1.807) is 34.5 Å². The summed E-state index contributed by atoms with van der Waals surface area (Å²) in [4.78, 5) is 12.7. The van der Waals surface area contributed by atoms with Crippen LogP contribution < -0.4 is 5.32 Å². The van der Waals surface area contributed by atoms with Crippen LogP contribution in [0.5, 0.6) is 0 Å². The van der Waals surface area contributed by atoms with Crippen molar-refractivity contribution in [3.8, 4) is 0 Å². The Morgan fingerprint density at radius 3 is 3.12 bits per heavy atom. The summed E-state index contributed by atoms with van der Waals surface area (Å²) < 4.78 is 2.63. The monoisotopic (exact) mass is 299 g/mol. The molecule has 0 bridgehead atoms. The summed E-state index contributed by atoms with van der Waals surface area (Å²) >= 11 is 5.03. The van der Waals surface area contributed by atoms with Crippen LogP contribution in [0.4, 0.5) is 0 Å². The highest BCUT2D eigenvalue weighted by Crippen LogP contribution is 2.21. The van der Waals surface area contributed by atoms with E-state index < -0.39 is 0 Å². The summed E-state index contributed by atoms with van der Waals surface area (Å²) in [6, 6.07) is 3.77. The molecule has 0 saturated carbocycles. The maximum Gasteiger partial charge on any atom is 0.242 e. The van der Waals surface area contributed by atoms with E-state index in [4.69, 9.17) is 0 Å². The Hall–Kier alpha value is -1.14. The molecule has 6 heteroatoms. The fraction of sp³-hybridized carbons (Fsp3) is 0.200. The SMILES string of the molecule is O=C(Cn1cccn1)NCc1sccc1Br. The Kier molecular flexibility index (Phi) is 3.74. The van der Waals surface area contributed by atoms with E-state index in [0.717, 1.165) is 9.35 Å². The third-order valence-corrected chi connectivity index (χ3v) is 3.93. The summed E-state index contributed by atoms with van der Waals surface area (Å²) in [5, 5.41) is 8.80. The van der Waals surface area contributed by atoms with E-state index in [1.165, 1.54) is 0 Å². The number of nitrogens with zero attached hydrogens (tertiary/aromatic N) is 2. The maximum absolute atomic E-state index is 11.5. The molecule has 1 amide bonds. The maximum atomic E-state index is 11.5. The first-order chi connectivity index (χ1) is 7.75. The summed E-state index contributed by atoms with van der Waals surface area (Å²) in [5.41, 5.74) is 0. The van der Waals surface area contributed by atoms with Gasteiger partial charge in [0.05, 0.1) is 6.54 Å². The zero-order chi connectivity index (χ0) is 11.4. The van der Waals surface area contributed by atoms with Gasteiger partial charge in [-0.05, 0) is 33.4 Å². The van der Waals surface area contributed by atoms with Crippen LogP contribution in [-0.4, -0.2) is 15.7 Å². The van der Waals surface area contributed by atoms with Crippen LogP contribution in [-0.2, 0) is 17.9 Å². The molecule has 2 aromatic heterocycles. The van der Waals surface area contributed by atoms with E-state index in [9.17, 15) is 4.79 Å². The zero-order valence-electron chi connectivity index (χ0n) is 8.39. The Morgan fingerprint density at radius 1 is 1.62 bits per heavy atom. The molecule has 0 radical (unpaired) electrons. The first-order valence-corrected chi connectivity index (χ1v) is 6.39. The average molecular weight is 300 g/mol. The molecule has 0 fully saturated rings. The number of carbonyl (C=O) groups is 1. The predicted molar refractivity (Wildman–Crippen MR) is 66.1 cm³/mol. The summed E-state index contributed by atoms with van der Waals surface area (Å²) in [6.07, 6.45) is 3.42. The summed E-state index contributed by atoms with van der Waals surface area (Å²) in [6.45, 7) is 0.814. The van der Waals surface area contributed by atoms with Gasteiger partial charge in [0.1, 0.15) is 6.54 Å². The molecule has 2 rings (SSSR count). The third kappa shape index (κ3) is 2.93. The van der Waals surface area contributed by atoms with Gasteiger partial charge in [0.25, 0.3) is 0 Å².